The number of rotatable bonds is 3. The highest BCUT2D eigenvalue weighted by atomic mass is 35.5. The van der Waals surface area contributed by atoms with Gasteiger partial charge in [-0.2, -0.15) is 0 Å². The molecule has 17 heavy (non-hydrogen) atoms. The molecule has 0 radical (unpaired) electrons. The van der Waals surface area contributed by atoms with Crippen LogP contribution in [0.3, 0.4) is 0 Å². The minimum atomic E-state index is 0.273. The summed E-state index contributed by atoms with van der Waals surface area (Å²) >= 11 is 18.2. The van der Waals surface area contributed by atoms with E-state index < -0.39 is 0 Å². The topological polar surface area (TPSA) is 21.3 Å². The summed E-state index contributed by atoms with van der Waals surface area (Å²) in [5.41, 5.74) is 6.05. The molecule has 0 heterocycles. The second-order valence-corrected chi connectivity index (χ2v) is 5.25. The van der Waals surface area contributed by atoms with Gasteiger partial charge in [0.1, 0.15) is 0 Å². The molecular weight excluding hydrogens is 280 g/mol. The Hall–Kier alpha value is -0.410. The van der Waals surface area contributed by atoms with Gasteiger partial charge in [-0.05, 0) is 36.6 Å². The number of halogens is 3. The predicted octanol–water partition coefficient (Wildman–Crippen LogP) is 4.56. The standard InChI is InChI=1S/C12H12Cl3NO/c1-6(16-17-2)8-5-9(8)12-10(14)3-7(13)4-11(12)15/h3-4,9,16H,5H2,1-2H3. The minimum absolute atomic E-state index is 0.273. The van der Waals surface area contributed by atoms with Gasteiger partial charge in [0.15, 0.2) is 0 Å². The average molecular weight is 293 g/mol. The van der Waals surface area contributed by atoms with Crippen LogP contribution in [0.25, 0.3) is 0 Å². The fourth-order valence-corrected chi connectivity index (χ4v) is 3.04. The van der Waals surface area contributed by atoms with Crippen molar-refractivity contribution in [2.24, 2.45) is 0 Å². The van der Waals surface area contributed by atoms with Crippen molar-refractivity contribution in [1.82, 2.24) is 5.48 Å². The number of nitrogens with one attached hydrogen (secondary N) is 1. The number of hydrogen-bond acceptors (Lipinski definition) is 2. The SMILES string of the molecule is CONC(C)=C1CC1c1c(Cl)cc(Cl)cc1Cl. The van der Waals surface area contributed by atoms with E-state index >= 15 is 0 Å². The molecule has 1 saturated carbocycles. The molecule has 0 amide bonds. The molecule has 0 spiro atoms. The fraction of sp³-hybridized carbons (Fsp3) is 0.333. The molecule has 0 bridgehead atoms. The van der Waals surface area contributed by atoms with Crippen molar-refractivity contribution in [3.8, 4) is 0 Å². The Kier molecular flexibility index (Phi) is 3.88. The molecule has 1 fully saturated rings. The third-order valence-corrected chi connectivity index (χ3v) is 3.66. The van der Waals surface area contributed by atoms with Crippen LogP contribution in [0.15, 0.2) is 23.4 Å². The predicted molar refractivity (Wildman–Crippen MR) is 71.7 cm³/mol. The molecule has 2 nitrogen and oxygen atoms in total. The molecule has 1 unspecified atom stereocenters. The van der Waals surface area contributed by atoms with Gasteiger partial charge in [0, 0.05) is 26.7 Å². The molecule has 1 aromatic carbocycles. The van der Waals surface area contributed by atoms with Crippen LogP contribution in [0.2, 0.25) is 15.1 Å². The van der Waals surface area contributed by atoms with Crippen molar-refractivity contribution in [1.29, 1.82) is 0 Å². The normalized spacial score (nSPS) is 21.4. The monoisotopic (exact) mass is 291 g/mol. The lowest BCUT2D eigenvalue weighted by Crippen LogP contribution is -2.08. The Labute approximate surface area is 115 Å². The summed E-state index contributed by atoms with van der Waals surface area (Å²) in [4.78, 5) is 4.87. The zero-order chi connectivity index (χ0) is 12.6. The molecule has 1 aromatic rings. The Balaban J connectivity index is 2.30. The molecular formula is C12H12Cl3NO. The van der Waals surface area contributed by atoms with Crippen LogP contribution in [0, 0.1) is 0 Å². The number of allylic oxidation sites excluding steroid dienone is 2. The zero-order valence-electron chi connectivity index (χ0n) is 9.48. The van der Waals surface area contributed by atoms with Gasteiger partial charge in [0.05, 0.1) is 7.11 Å². The zero-order valence-corrected chi connectivity index (χ0v) is 11.7. The van der Waals surface area contributed by atoms with Crippen LogP contribution < -0.4 is 5.48 Å². The fourth-order valence-electron chi connectivity index (χ4n) is 1.96. The van der Waals surface area contributed by atoms with Gasteiger partial charge in [-0.1, -0.05) is 34.8 Å². The van der Waals surface area contributed by atoms with E-state index in [1.54, 1.807) is 19.2 Å². The van der Waals surface area contributed by atoms with E-state index in [2.05, 4.69) is 5.48 Å². The summed E-state index contributed by atoms with van der Waals surface area (Å²) in [7, 11) is 1.59. The maximum absolute atomic E-state index is 6.17. The Morgan fingerprint density at radius 3 is 2.41 bits per heavy atom. The lowest BCUT2D eigenvalue weighted by atomic mass is 10.1. The minimum Gasteiger partial charge on any atom is -0.280 e. The van der Waals surface area contributed by atoms with Gasteiger partial charge in [0.2, 0.25) is 0 Å². The first kappa shape index (κ1) is 13.0. The summed E-state index contributed by atoms with van der Waals surface area (Å²) < 4.78 is 0. The van der Waals surface area contributed by atoms with Crippen molar-refractivity contribution >= 4 is 34.8 Å². The van der Waals surface area contributed by atoms with Crippen molar-refractivity contribution in [2.45, 2.75) is 19.3 Å². The van der Waals surface area contributed by atoms with Gasteiger partial charge < -0.3 is 0 Å². The Morgan fingerprint density at radius 2 is 1.88 bits per heavy atom. The van der Waals surface area contributed by atoms with Gasteiger partial charge in [0.25, 0.3) is 0 Å². The Bertz CT molecular complexity index is 462. The number of hydrogen-bond donors (Lipinski definition) is 1. The van der Waals surface area contributed by atoms with E-state index in [9.17, 15) is 0 Å². The molecule has 1 N–H and O–H groups in total. The lowest BCUT2D eigenvalue weighted by Gasteiger charge is -2.06. The van der Waals surface area contributed by atoms with Crippen molar-refractivity contribution in [2.75, 3.05) is 7.11 Å². The van der Waals surface area contributed by atoms with E-state index in [1.807, 2.05) is 6.92 Å². The molecule has 5 heteroatoms. The molecule has 0 saturated heterocycles. The smallest absolute Gasteiger partial charge is 0.0636 e. The molecule has 2 rings (SSSR count). The largest absolute Gasteiger partial charge is 0.280 e. The van der Waals surface area contributed by atoms with Gasteiger partial charge in [-0.25, -0.2) is 0 Å². The second-order valence-electron chi connectivity index (χ2n) is 4.00. The maximum atomic E-state index is 6.17. The van der Waals surface area contributed by atoms with E-state index in [4.69, 9.17) is 39.6 Å². The lowest BCUT2D eigenvalue weighted by molar-refractivity contribution is 0.117. The first-order valence-electron chi connectivity index (χ1n) is 5.17. The highest BCUT2D eigenvalue weighted by Crippen LogP contribution is 2.53. The third-order valence-electron chi connectivity index (χ3n) is 2.81. The van der Waals surface area contributed by atoms with Crippen molar-refractivity contribution < 1.29 is 4.84 Å². The van der Waals surface area contributed by atoms with Gasteiger partial charge >= 0.3 is 0 Å². The highest BCUT2D eigenvalue weighted by Gasteiger charge is 2.36. The summed E-state index contributed by atoms with van der Waals surface area (Å²) in [6.45, 7) is 1.97. The molecule has 1 aliphatic rings. The first-order chi connectivity index (χ1) is 8.04. The highest BCUT2D eigenvalue weighted by molar-refractivity contribution is 6.39. The summed E-state index contributed by atoms with van der Waals surface area (Å²) in [5.74, 6) is 0.273. The summed E-state index contributed by atoms with van der Waals surface area (Å²) in [5, 5.41) is 1.79. The van der Waals surface area contributed by atoms with Crippen LogP contribution in [-0.4, -0.2) is 7.11 Å². The first-order valence-corrected chi connectivity index (χ1v) is 6.31. The average Bonchev–Trinajstić information content (AvgIpc) is 2.96. The van der Waals surface area contributed by atoms with Crippen molar-refractivity contribution in [3.63, 3.8) is 0 Å². The van der Waals surface area contributed by atoms with Crippen molar-refractivity contribution in [3.05, 3.63) is 44.0 Å². The van der Waals surface area contributed by atoms with Crippen LogP contribution in [0.1, 0.15) is 24.8 Å². The molecule has 92 valence electrons. The number of hydroxylamine groups is 1. The molecule has 1 aliphatic carbocycles. The second kappa shape index (κ2) is 5.07. The van der Waals surface area contributed by atoms with Crippen LogP contribution in [-0.2, 0) is 4.84 Å². The van der Waals surface area contributed by atoms with E-state index in [1.165, 1.54) is 5.57 Å². The van der Waals surface area contributed by atoms with E-state index in [-0.39, 0.29) is 5.92 Å². The van der Waals surface area contributed by atoms with E-state index in [0.717, 1.165) is 17.7 Å². The van der Waals surface area contributed by atoms with Crippen LogP contribution in [0.4, 0.5) is 0 Å². The molecule has 1 atom stereocenters. The van der Waals surface area contributed by atoms with Gasteiger partial charge in [-0.3, -0.25) is 10.3 Å². The van der Waals surface area contributed by atoms with E-state index in [0.29, 0.717) is 15.1 Å². The Morgan fingerprint density at radius 1 is 1.29 bits per heavy atom. The van der Waals surface area contributed by atoms with Gasteiger partial charge in [-0.15, -0.1) is 0 Å². The summed E-state index contributed by atoms with van der Waals surface area (Å²) in [6, 6.07) is 3.44. The maximum Gasteiger partial charge on any atom is 0.0636 e. The quantitative estimate of drug-likeness (QED) is 0.825. The van der Waals surface area contributed by atoms with Crippen LogP contribution in [0.5, 0.6) is 0 Å². The number of benzene rings is 1. The van der Waals surface area contributed by atoms with Crippen LogP contribution >= 0.6 is 34.8 Å². The third kappa shape index (κ3) is 2.71. The molecule has 0 aliphatic heterocycles. The summed E-state index contributed by atoms with van der Waals surface area (Å²) in [6.07, 6.45) is 0.948. The molecule has 0 aromatic heterocycles.